The summed E-state index contributed by atoms with van der Waals surface area (Å²) in [5.41, 5.74) is 0. The van der Waals surface area contributed by atoms with Crippen LogP contribution in [-0.2, 0) is 14.9 Å². The minimum absolute atomic E-state index is 0.0164. The minimum atomic E-state index is -4.22. The summed E-state index contributed by atoms with van der Waals surface area (Å²) in [6.45, 7) is 7.59. The van der Waals surface area contributed by atoms with Crippen LogP contribution in [0.1, 0.15) is 6.92 Å². The number of hydrogen-bond acceptors (Lipinski definition) is 5. The first kappa shape index (κ1) is 17.2. The number of nitriles is 1. The van der Waals surface area contributed by atoms with E-state index < -0.39 is 21.7 Å². The quantitative estimate of drug-likeness (QED) is 0.317. The van der Waals surface area contributed by atoms with Gasteiger partial charge in [0.15, 0.2) is 5.79 Å². The van der Waals surface area contributed by atoms with Crippen LogP contribution < -0.4 is 0 Å². The Balaban J connectivity index is 0. The molecule has 0 fully saturated rings. The van der Waals surface area contributed by atoms with Crippen molar-refractivity contribution in [2.45, 2.75) is 12.7 Å². The smallest absolute Gasteiger partial charge is 0.270 e. The normalized spacial score (nSPS) is 13.6. The van der Waals surface area contributed by atoms with Crippen LogP contribution >= 0.6 is 0 Å². The topological polar surface area (TPSA) is 108 Å². The second-order valence-corrected chi connectivity index (χ2v) is 4.29. The summed E-state index contributed by atoms with van der Waals surface area (Å²) in [7, 11) is -4.22. The lowest BCUT2D eigenvalue weighted by Crippen LogP contribution is -2.36. The van der Waals surface area contributed by atoms with E-state index in [1.807, 2.05) is 0 Å². The molecule has 0 saturated heterocycles. The average Bonchev–Trinajstić information content (AvgIpc) is 2.11. The van der Waals surface area contributed by atoms with Gasteiger partial charge in [0, 0.05) is 6.08 Å². The summed E-state index contributed by atoms with van der Waals surface area (Å²) in [4.78, 5) is 0. The number of hydrogen-bond donors (Lipinski definition) is 2. The second-order valence-electron chi connectivity index (χ2n) is 2.83. The molecule has 7 heteroatoms. The third-order valence-electron chi connectivity index (χ3n) is 1.05. The minimum Gasteiger partial charge on any atom is -0.365 e. The molecule has 2 N–H and O–H groups in total. The average molecular weight is 249 g/mol. The molecule has 0 aliphatic heterocycles. The zero-order valence-electron chi connectivity index (χ0n) is 8.96. The Kier molecular flexibility index (Phi) is 8.61. The molecule has 0 amide bonds. The van der Waals surface area contributed by atoms with Gasteiger partial charge in [-0.25, -0.2) is 0 Å². The van der Waals surface area contributed by atoms with Crippen LogP contribution in [0.4, 0.5) is 0 Å². The maximum Gasteiger partial charge on any atom is 0.270 e. The lowest BCUT2D eigenvalue weighted by Gasteiger charge is -2.20. The van der Waals surface area contributed by atoms with Crippen LogP contribution in [0.2, 0.25) is 0 Å². The fourth-order valence-electron chi connectivity index (χ4n) is 0.619. The van der Waals surface area contributed by atoms with E-state index in [-0.39, 0.29) is 6.61 Å². The van der Waals surface area contributed by atoms with Crippen molar-refractivity contribution in [2.75, 3.05) is 12.4 Å². The van der Waals surface area contributed by atoms with Gasteiger partial charge < -0.3 is 9.84 Å². The summed E-state index contributed by atoms with van der Waals surface area (Å²) in [5.74, 6) is -2.73. The maximum absolute atomic E-state index is 10.3. The first-order valence-electron chi connectivity index (χ1n) is 4.11. The van der Waals surface area contributed by atoms with Gasteiger partial charge in [-0.15, -0.1) is 6.58 Å². The molecule has 16 heavy (non-hydrogen) atoms. The Bertz CT molecular complexity index is 353. The lowest BCUT2D eigenvalue weighted by molar-refractivity contribution is -0.165. The van der Waals surface area contributed by atoms with Crippen LogP contribution in [0.3, 0.4) is 0 Å². The summed E-state index contributed by atoms with van der Waals surface area (Å²) < 4.78 is 33.6. The fourth-order valence-corrected chi connectivity index (χ4v) is 1.38. The lowest BCUT2D eigenvalue weighted by atomic mass is 10.4. The molecule has 0 rings (SSSR count). The van der Waals surface area contributed by atoms with Crippen molar-refractivity contribution in [1.29, 1.82) is 5.26 Å². The summed E-state index contributed by atoms with van der Waals surface area (Å²) in [5, 5.41) is 16.7. The van der Waals surface area contributed by atoms with Gasteiger partial charge in [0.2, 0.25) is 0 Å². The van der Waals surface area contributed by atoms with Crippen molar-refractivity contribution >= 4 is 10.1 Å². The van der Waals surface area contributed by atoms with E-state index in [0.717, 1.165) is 6.92 Å². The highest BCUT2D eigenvalue weighted by Gasteiger charge is 2.27. The van der Waals surface area contributed by atoms with Crippen molar-refractivity contribution in [3.05, 3.63) is 25.3 Å². The maximum atomic E-state index is 10.3. The standard InChI is InChI=1S/C6H12O5S.C3H3N/c1-3-4-11-6(2,7)5-12(8,9)10;1-2-3-4/h3,7H,1,4-5H2,2H3,(H,8,9,10);2H,1H2. The van der Waals surface area contributed by atoms with Gasteiger partial charge in [0.25, 0.3) is 10.1 Å². The molecule has 0 heterocycles. The number of ether oxygens (including phenoxy) is 1. The molecule has 0 aromatic rings. The van der Waals surface area contributed by atoms with Crippen molar-refractivity contribution in [1.82, 2.24) is 0 Å². The molecular weight excluding hydrogens is 234 g/mol. The Morgan fingerprint density at radius 3 is 2.25 bits per heavy atom. The highest BCUT2D eigenvalue weighted by molar-refractivity contribution is 7.85. The van der Waals surface area contributed by atoms with E-state index in [2.05, 4.69) is 17.9 Å². The Morgan fingerprint density at radius 1 is 1.56 bits per heavy atom. The van der Waals surface area contributed by atoms with Gasteiger partial charge in [-0.05, 0) is 6.92 Å². The van der Waals surface area contributed by atoms with Crippen molar-refractivity contribution in [2.24, 2.45) is 0 Å². The van der Waals surface area contributed by atoms with Gasteiger partial charge in [-0.3, -0.25) is 4.55 Å². The Morgan fingerprint density at radius 2 is 2.00 bits per heavy atom. The summed E-state index contributed by atoms with van der Waals surface area (Å²) in [6, 6.07) is 1.69. The number of nitrogens with zero attached hydrogens (tertiary/aromatic N) is 1. The number of aliphatic hydroxyl groups is 1. The van der Waals surface area contributed by atoms with Gasteiger partial charge in [-0.2, -0.15) is 13.7 Å². The molecule has 6 nitrogen and oxygen atoms in total. The van der Waals surface area contributed by atoms with Crippen LogP contribution in [0.15, 0.2) is 25.3 Å². The highest BCUT2D eigenvalue weighted by Crippen LogP contribution is 2.08. The number of allylic oxidation sites excluding steroid dienone is 1. The van der Waals surface area contributed by atoms with Gasteiger partial charge >= 0.3 is 0 Å². The molecular formula is C9H15NO5S. The first-order chi connectivity index (χ1) is 7.18. The van der Waals surface area contributed by atoms with Crippen molar-refractivity contribution in [3.63, 3.8) is 0 Å². The van der Waals surface area contributed by atoms with E-state index in [4.69, 9.17) is 9.81 Å². The highest BCUT2D eigenvalue weighted by atomic mass is 32.2. The number of rotatable bonds is 5. The van der Waals surface area contributed by atoms with E-state index in [9.17, 15) is 13.5 Å². The molecule has 92 valence electrons. The molecule has 0 aromatic heterocycles. The van der Waals surface area contributed by atoms with Gasteiger partial charge in [0.1, 0.15) is 5.75 Å². The monoisotopic (exact) mass is 249 g/mol. The van der Waals surface area contributed by atoms with Crippen LogP contribution in [0.5, 0.6) is 0 Å². The molecule has 0 aliphatic carbocycles. The largest absolute Gasteiger partial charge is 0.365 e. The third-order valence-corrected chi connectivity index (χ3v) is 1.95. The molecule has 1 unspecified atom stereocenters. The Labute approximate surface area is 95.2 Å². The zero-order valence-corrected chi connectivity index (χ0v) is 9.77. The van der Waals surface area contributed by atoms with E-state index in [1.165, 1.54) is 12.2 Å². The molecule has 1 atom stereocenters. The van der Waals surface area contributed by atoms with E-state index in [0.29, 0.717) is 0 Å². The molecule has 0 bridgehead atoms. The predicted molar refractivity (Wildman–Crippen MR) is 59.0 cm³/mol. The third kappa shape index (κ3) is 15.3. The van der Waals surface area contributed by atoms with Crippen LogP contribution in [0.25, 0.3) is 0 Å². The molecule has 0 aromatic carbocycles. The van der Waals surface area contributed by atoms with Gasteiger partial charge in [0.05, 0.1) is 12.7 Å². The molecule has 0 aliphatic rings. The predicted octanol–water partition coefficient (Wildman–Crippen LogP) is 0.481. The first-order valence-corrected chi connectivity index (χ1v) is 5.72. The van der Waals surface area contributed by atoms with Crippen molar-refractivity contribution < 1.29 is 22.8 Å². The van der Waals surface area contributed by atoms with E-state index >= 15 is 0 Å². The molecule has 0 radical (unpaired) electrons. The summed E-state index contributed by atoms with van der Waals surface area (Å²) in [6.07, 6.45) is 2.54. The Hall–Kier alpha value is -1.20. The summed E-state index contributed by atoms with van der Waals surface area (Å²) >= 11 is 0. The SMILES string of the molecule is C=CC#N.C=CCOC(C)(O)CS(=O)(=O)O. The molecule has 0 spiro atoms. The van der Waals surface area contributed by atoms with Crippen LogP contribution in [0, 0.1) is 11.3 Å². The molecule has 0 saturated carbocycles. The van der Waals surface area contributed by atoms with Gasteiger partial charge in [-0.1, -0.05) is 12.7 Å². The van der Waals surface area contributed by atoms with Crippen LogP contribution in [-0.4, -0.2) is 36.2 Å². The fraction of sp³-hybridized carbons (Fsp3) is 0.444. The van der Waals surface area contributed by atoms with Crippen molar-refractivity contribution in [3.8, 4) is 6.07 Å². The van der Waals surface area contributed by atoms with E-state index in [1.54, 1.807) is 6.07 Å². The second kappa shape index (κ2) is 8.01. The zero-order chi connectivity index (χ0) is 13.2.